The number of aromatic nitrogens is 3. The number of aliphatic hydroxyl groups is 1. The zero-order valence-electron chi connectivity index (χ0n) is 10.7. The smallest absolute Gasteiger partial charge is 0.276 e. The zero-order valence-corrected chi connectivity index (χ0v) is 11.5. The first-order valence-corrected chi connectivity index (χ1v) is 6.95. The lowest BCUT2D eigenvalue weighted by atomic mass is 10.3. The maximum Gasteiger partial charge on any atom is 0.276 e. The van der Waals surface area contributed by atoms with Crippen LogP contribution < -0.4 is 0 Å². The molecule has 0 saturated heterocycles. The van der Waals surface area contributed by atoms with Gasteiger partial charge in [0.2, 0.25) is 0 Å². The first kappa shape index (κ1) is 13.7. The molecular formula is C12H16N4O2S. The van der Waals surface area contributed by atoms with Gasteiger partial charge in [-0.05, 0) is 18.4 Å². The van der Waals surface area contributed by atoms with Gasteiger partial charge in [-0.15, -0.1) is 16.4 Å². The van der Waals surface area contributed by atoms with Crippen molar-refractivity contribution >= 4 is 17.2 Å². The summed E-state index contributed by atoms with van der Waals surface area (Å²) in [5.41, 5.74) is 0.312. The third kappa shape index (κ3) is 3.39. The molecule has 0 atom stereocenters. The topological polar surface area (TPSA) is 71.2 Å². The Morgan fingerprint density at radius 1 is 1.58 bits per heavy atom. The lowest BCUT2D eigenvalue weighted by Gasteiger charge is -2.17. The molecule has 1 N–H and O–H groups in total. The fraction of sp³-hybridized carbons (Fsp3) is 0.417. The van der Waals surface area contributed by atoms with Crippen LogP contribution in [0.3, 0.4) is 0 Å². The third-order valence-corrected chi connectivity index (χ3v) is 3.56. The molecule has 0 radical (unpaired) electrons. The Morgan fingerprint density at radius 3 is 3.05 bits per heavy atom. The van der Waals surface area contributed by atoms with Crippen LogP contribution in [0.1, 0.15) is 22.3 Å². The van der Waals surface area contributed by atoms with Gasteiger partial charge < -0.3 is 10.0 Å². The Balaban J connectivity index is 2.05. The Hall–Kier alpha value is -1.73. The van der Waals surface area contributed by atoms with Crippen LogP contribution in [0.15, 0.2) is 23.7 Å². The Kier molecular flexibility index (Phi) is 4.64. The molecule has 0 unspecified atom stereocenters. The number of carbonyl (C=O) groups is 1. The SMILES string of the molecule is CCN(CCO)C(=O)c1cn(Cc2cccs2)nn1. The maximum atomic E-state index is 12.1. The molecule has 2 rings (SSSR count). The number of thiophene rings is 1. The average molecular weight is 280 g/mol. The summed E-state index contributed by atoms with van der Waals surface area (Å²) in [5.74, 6) is -0.200. The molecular weight excluding hydrogens is 264 g/mol. The monoisotopic (exact) mass is 280 g/mol. The molecule has 6 nitrogen and oxygen atoms in total. The normalized spacial score (nSPS) is 10.6. The second-order valence-electron chi connectivity index (χ2n) is 3.99. The van der Waals surface area contributed by atoms with Crippen LogP contribution in [0.2, 0.25) is 0 Å². The van der Waals surface area contributed by atoms with E-state index in [1.54, 1.807) is 27.1 Å². The second kappa shape index (κ2) is 6.44. The molecule has 0 saturated carbocycles. The lowest BCUT2D eigenvalue weighted by Crippen LogP contribution is -2.33. The number of likely N-dealkylation sites (N-methyl/N-ethyl adjacent to an activating group) is 1. The number of nitrogens with zero attached hydrogens (tertiary/aromatic N) is 4. The highest BCUT2D eigenvalue weighted by atomic mass is 32.1. The van der Waals surface area contributed by atoms with E-state index < -0.39 is 0 Å². The fourth-order valence-corrected chi connectivity index (χ4v) is 2.42. The van der Waals surface area contributed by atoms with Gasteiger partial charge in [0.1, 0.15) is 0 Å². The Morgan fingerprint density at radius 2 is 2.42 bits per heavy atom. The van der Waals surface area contributed by atoms with Crippen molar-refractivity contribution in [3.8, 4) is 0 Å². The van der Waals surface area contributed by atoms with Crippen LogP contribution in [0.4, 0.5) is 0 Å². The zero-order chi connectivity index (χ0) is 13.7. The summed E-state index contributed by atoms with van der Waals surface area (Å²) in [6, 6.07) is 3.99. The molecule has 1 amide bonds. The predicted molar refractivity (Wildman–Crippen MR) is 72.1 cm³/mol. The molecule has 0 aliphatic carbocycles. The number of hydrogen-bond acceptors (Lipinski definition) is 5. The van der Waals surface area contributed by atoms with Crippen LogP contribution in [-0.2, 0) is 6.54 Å². The summed E-state index contributed by atoms with van der Waals surface area (Å²) in [7, 11) is 0. The van der Waals surface area contributed by atoms with Crippen LogP contribution in [0.5, 0.6) is 0 Å². The summed E-state index contributed by atoms with van der Waals surface area (Å²) in [6.07, 6.45) is 1.64. The van der Waals surface area contributed by atoms with E-state index >= 15 is 0 Å². The summed E-state index contributed by atoms with van der Waals surface area (Å²) in [5, 5.41) is 18.7. The van der Waals surface area contributed by atoms with Crippen molar-refractivity contribution in [1.29, 1.82) is 0 Å². The number of amides is 1. The Labute approximate surface area is 115 Å². The molecule has 0 aliphatic rings. The summed E-state index contributed by atoms with van der Waals surface area (Å²) < 4.78 is 1.64. The van der Waals surface area contributed by atoms with Gasteiger partial charge in [0, 0.05) is 18.0 Å². The van der Waals surface area contributed by atoms with Crippen LogP contribution in [0.25, 0.3) is 0 Å². The van der Waals surface area contributed by atoms with E-state index in [-0.39, 0.29) is 12.5 Å². The van der Waals surface area contributed by atoms with Gasteiger partial charge in [-0.2, -0.15) is 0 Å². The number of hydrogen-bond donors (Lipinski definition) is 1. The van der Waals surface area contributed by atoms with Crippen molar-refractivity contribution in [3.63, 3.8) is 0 Å². The average Bonchev–Trinajstić information content (AvgIpc) is 3.07. The number of carbonyl (C=O) groups excluding carboxylic acids is 1. The highest BCUT2D eigenvalue weighted by molar-refractivity contribution is 7.09. The molecule has 0 aromatic carbocycles. The summed E-state index contributed by atoms with van der Waals surface area (Å²) in [6.45, 7) is 3.28. The minimum Gasteiger partial charge on any atom is -0.395 e. The van der Waals surface area contributed by atoms with Crippen molar-refractivity contribution in [3.05, 3.63) is 34.3 Å². The molecule has 0 aliphatic heterocycles. The summed E-state index contributed by atoms with van der Waals surface area (Å²) in [4.78, 5) is 14.8. The van der Waals surface area contributed by atoms with Crippen molar-refractivity contribution in [2.24, 2.45) is 0 Å². The van der Waals surface area contributed by atoms with Crippen molar-refractivity contribution in [1.82, 2.24) is 19.9 Å². The lowest BCUT2D eigenvalue weighted by molar-refractivity contribution is 0.0726. The quantitative estimate of drug-likeness (QED) is 0.851. The van der Waals surface area contributed by atoms with E-state index in [4.69, 9.17) is 5.11 Å². The van der Waals surface area contributed by atoms with Crippen LogP contribution in [0, 0.1) is 0 Å². The minimum absolute atomic E-state index is 0.0527. The second-order valence-corrected chi connectivity index (χ2v) is 5.02. The van der Waals surface area contributed by atoms with Crippen molar-refractivity contribution in [2.75, 3.05) is 19.7 Å². The maximum absolute atomic E-state index is 12.1. The van der Waals surface area contributed by atoms with E-state index in [1.807, 2.05) is 24.4 Å². The highest BCUT2D eigenvalue weighted by Gasteiger charge is 2.17. The van der Waals surface area contributed by atoms with Gasteiger partial charge in [-0.25, -0.2) is 4.68 Å². The first-order valence-electron chi connectivity index (χ1n) is 6.07. The van der Waals surface area contributed by atoms with Gasteiger partial charge in [-0.1, -0.05) is 11.3 Å². The van der Waals surface area contributed by atoms with Crippen molar-refractivity contribution < 1.29 is 9.90 Å². The van der Waals surface area contributed by atoms with Gasteiger partial charge in [0.05, 0.1) is 19.3 Å². The largest absolute Gasteiger partial charge is 0.395 e. The molecule has 0 fully saturated rings. The molecule has 0 bridgehead atoms. The van der Waals surface area contributed by atoms with E-state index in [9.17, 15) is 4.79 Å². The number of rotatable bonds is 6. The molecule has 7 heteroatoms. The molecule has 2 aromatic rings. The van der Waals surface area contributed by atoms with Gasteiger partial charge in [0.25, 0.3) is 5.91 Å². The van der Waals surface area contributed by atoms with Gasteiger partial charge in [-0.3, -0.25) is 4.79 Å². The number of aliphatic hydroxyl groups excluding tert-OH is 1. The first-order chi connectivity index (χ1) is 9.24. The van der Waals surface area contributed by atoms with Gasteiger partial charge >= 0.3 is 0 Å². The third-order valence-electron chi connectivity index (χ3n) is 2.69. The molecule has 102 valence electrons. The molecule has 19 heavy (non-hydrogen) atoms. The fourth-order valence-electron chi connectivity index (χ4n) is 1.72. The highest BCUT2D eigenvalue weighted by Crippen LogP contribution is 2.10. The molecule has 0 spiro atoms. The van der Waals surface area contributed by atoms with Crippen LogP contribution >= 0.6 is 11.3 Å². The van der Waals surface area contributed by atoms with E-state index in [2.05, 4.69) is 10.3 Å². The van der Waals surface area contributed by atoms with E-state index in [1.165, 1.54) is 0 Å². The molecule has 2 aromatic heterocycles. The summed E-state index contributed by atoms with van der Waals surface area (Å²) >= 11 is 1.64. The van der Waals surface area contributed by atoms with Gasteiger partial charge in [0.15, 0.2) is 5.69 Å². The van der Waals surface area contributed by atoms with E-state index in [0.29, 0.717) is 25.3 Å². The Bertz CT molecular complexity index is 524. The van der Waals surface area contributed by atoms with E-state index in [0.717, 1.165) is 4.88 Å². The standard InChI is InChI=1S/C12H16N4O2S/c1-2-15(5-6-17)12(18)11-9-16(14-13-11)8-10-4-3-7-19-10/h3-4,7,9,17H,2,5-6,8H2,1H3. The van der Waals surface area contributed by atoms with Crippen LogP contribution in [-0.4, -0.2) is 50.6 Å². The minimum atomic E-state index is -0.200. The van der Waals surface area contributed by atoms with Crippen molar-refractivity contribution in [2.45, 2.75) is 13.5 Å². The predicted octanol–water partition coefficient (Wildman–Crippen LogP) is 0.842. The molecule has 2 heterocycles.